The van der Waals surface area contributed by atoms with Crippen molar-refractivity contribution in [2.24, 2.45) is 0 Å². The Morgan fingerprint density at radius 2 is 2.06 bits per heavy atom. The Morgan fingerprint density at radius 3 is 2.83 bits per heavy atom. The Labute approximate surface area is 207 Å². The molecule has 1 atom stereocenters. The molecule has 0 N–H and O–H groups in total. The molecule has 0 radical (unpaired) electrons. The maximum absolute atomic E-state index is 13.8. The molecule has 2 aromatic carbocycles. The molecule has 4 aromatic rings. The number of halogens is 1. The van der Waals surface area contributed by atoms with Crippen LogP contribution in [0.4, 0.5) is 0 Å². The van der Waals surface area contributed by atoms with Crippen molar-refractivity contribution in [2.45, 2.75) is 25.8 Å². The van der Waals surface area contributed by atoms with Gasteiger partial charge in [0.25, 0.3) is 0 Å². The minimum absolute atomic E-state index is 0.121. The second-order valence-corrected chi connectivity index (χ2v) is 9.08. The van der Waals surface area contributed by atoms with Gasteiger partial charge in [-0.25, -0.2) is 4.79 Å². The number of carbonyl (C=O) groups excluding carboxylic acids is 1. The summed E-state index contributed by atoms with van der Waals surface area (Å²) in [7, 11) is 0. The van der Waals surface area contributed by atoms with Crippen molar-refractivity contribution in [1.82, 2.24) is 19.0 Å². The molecule has 3 heterocycles. The molecule has 2 aromatic heterocycles. The summed E-state index contributed by atoms with van der Waals surface area (Å²) in [4.78, 5) is 32.0. The monoisotopic (exact) mass is 488 g/mol. The topological polar surface area (TPSA) is 69.4 Å². The zero-order valence-electron chi connectivity index (χ0n) is 19.4. The van der Waals surface area contributed by atoms with E-state index in [4.69, 9.17) is 16.3 Å². The quantitative estimate of drug-likeness (QED) is 0.358. The highest BCUT2D eigenvalue weighted by Crippen LogP contribution is 2.33. The van der Waals surface area contributed by atoms with Gasteiger partial charge in [0.05, 0.1) is 34.0 Å². The van der Waals surface area contributed by atoms with Gasteiger partial charge in [0.1, 0.15) is 11.5 Å². The van der Waals surface area contributed by atoms with Crippen molar-refractivity contribution in [3.63, 3.8) is 0 Å². The minimum Gasteiger partial charge on any atom is -0.456 e. The average molecular weight is 489 g/mol. The third-order valence-corrected chi connectivity index (χ3v) is 6.61. The Kier molecular flexibility index (Phi) is 6.17. The molecule has 7 nitrogen and oxygen atoms in total. The van der Waals surface area contributed by atoms with Gasteiger partial charge in [-0.1, -0.05) is 30.3 Å². The van der Waals surface area contributed by atoms with Crippen LogP contribution < -0.4 is 10.4 Å². The van der Waals surface area contributed by atoms with Crippen molar-refractivity contribution in [3.05, 3.63) is 94.6 Å². The lowest BCUT2D eigenvalue weighted by atomic mass is 10.1. The van der Waals surface area contributed by atoms with Crippen LogP contribution in [0, 0.1) is 6.92 Å². The first kappa shape index (κ1) is 22.9. The van der Waals surface area contributed by atoms with Crippen molar-refractivity contribution in [2.75, 3.05) is 13.1 Å². The predicted molar refractivity (Wildman–Crippen MR) is 137 cm³/mol. The third kappa shape index (κ3) is 4.35. The zero-order valence-corrected chi connectivity index (χ0v) is 20.1. The van der Waals surface area contributed by atoms with E-state index in [1.165, 1.54) is 6.08 Å². The molecule has 1 unspecified atom stereocenters. The van der Waals surface area contributed by atoms with Gasteiger partial charge >= 0.3 is 5.69 Å². The summed E-state index contributed by atoms with van der Waals surface area (Å²) >= 11 is 6.58. The second kappa shape index (κ2) is 9.43. The second-order valence-electron chi connectivity index (χ2n) is 8.67. The van der Waals surface area contributed by atoms with Crippen LogP contribution in [0.5, 0.6) is 11.5 Å². The number of likely N-dealkylation sites (tertiary alicyclic amines) is 1. The van der Waals surface area contributed by atoms with Crippen LogP contribution in [-0.2, 0) is 4.79 Å². The fourth-order valence-electron chi connectivity index (χ4n) is 4.68. The van der Waals surface area contributed by atoms with Gasteiger partial charge in [-0.3, -0.25) is 18.9 Å². The molecule has 0 aliphatic carbocycles. The van der Waals surface area contributed by atoms with Crippen molar-refractivity contribution in [3.8, 4) is 17.2 Å². The molecule has 1 aliphatic rings. The number of aromatic nitrogens is 3. The summed E-state index contributed by atoms with van der Waals surface area (Å²) in [5.74, 6) is 1.07. The van der Waals surface area contributed by atoms with E-state index in [0.717, 1.165) is 23.9 Å². The molecule has 1 amide bonds. The number of carbonyl (C=O) groups is 1. The largest absolute Gasteiger partial charge is 0.456 e. The number of ether oxygens (including phenoxy) is 1. The molecular weight excluding hydrogens is 464 g/mol. The molecule has 0 spiro atoms. The van der Waals surface area contributed by atoms with Gasteiger partial charge < -0.3 is 9.64 Å². The number of hydrogen-bond donors (Lipinski definition) is 0. The molecule has 178 valence electrons. The van der Waals surface area contributed by atoms with Crippen LogP contribution in [0.3, 0.4) is 0 Å². The average Bonchev–Trinajstić information content (AvgIpc) is 3.16. The van der Waals surface area contributed by atoms with E-state index in [2.05, 4.69) is 11.6 Å². The molecule has 5 rings (SSSR count). The van der Waals surface area contributed by atoms with Gasteiger partial charge in [0.2, 0.25) is 5.91 Å². The maximum atomic E-state index is 13.8. The number of hydrogen-bond acceptors (Lipinski definition) is 4. The number of amides is 1. The predicted octanol–water partition coefficient (Wildman–Crippen LogP) is 5.29. The van der Waals surface area contributed by atoms with E-state index >= 15 is 0 Å². The number of pyridine rings is 1. The summed E-state index contributed by atoms with van der Waals surface area (Å²) in [6.45, 7) is 6.70. The van der Waals surface area contributed by atoms with E-state index < -0.39 is 0 Å². The number of imidazole rings is 1. The summed E-state index contributed by atoms with van der Waals surface area (Å²) in [6.07, 6.45) is 6.27. The lowest BCUT2D eigenvalue weighted by Gasteiger charge is -2.32. The molecule has 0 bridgehead atoms. The SMILES string of the molecule is C=CC(=O)N1CCCC(n2c(=O)n(-c3ccc(Oc4cccc(C)c4)c(Cl)c3)c3cnccc32)C1. The van der Waals surface area contributed by atoms with Gasteiger partial charge in [-0.15, -0.1) is 0 Å². The highest BCUT2D eigenvalue weighted by molar-refractivity contribution is 6.32. The van der Waals surface area contributed by atoms with Crippen molar-refractivity contribution >= 4 is 28.5 Å². The number of rotatable bonds is 5. The minimum atomic E-state index is -0.200. The number of piperidine rings is 1. The summed E-state index contributed by atoms with van der Waals surface area (Å²) in [6, 6.07) is 14.7. The molecule has 1 fully saturated rings. The Morgan fingerprint density at radius 1 is 1.20 bits per heavy atom. The van der Waals surface area contributed by atoms with E-state index in [0.29, 0.717) is 40.8 Å². The summed E-state index contributed by atoms with van der Waals surface area (Å²) in [5, 5.41) is 0.390. The first-order valence-electron chi connectivity index (χ1n) is 11.5. The molecule has 8 heteroatoms. The lowest BCUT2D eigenvalue weighted by molar-refractivity contribution is -0.127. The Bertz CT molecular complexity index is 1490. The van der Waals surface area contributed by atoms with Crippen LogP contribution in [-0.4, -0.2) is 38.0 Å². The molecular formula is C27H25ClN4O3. The highest BCUT2D eigenvalue weighted by atomic mass is 35.5. The summed E-state index contributed by atoms with van der Waals surface area (Å²) < 4.78 is 9.34. The fraction of sp³-hybridized carbons (Fsp3) is 0.222. The van der Waals surface area contributed by atoms with E-state index in [9.17, 15) is 9.59 Å². The maximum Gasteiger partial charge on any atom is 0.334 e. The smallest absolute Gasteiger partial charge is 0.334 e. The molecule has 35 heavy (non-hydrogen) atoms. The fourth-order valence-corrected chi connectivity index (χ4v) is 4.90. The Balaban J connectivity index is 1.55. The number of aryl methyl sites for hydroxylation is 1. The first-order chi connectivity index (χ1) is 17.0. The standard InChI is InChI=1S/C27H25ClN4O3/c1-3-26(33)30-13-5-7-20(17-30)32-23-11-12-29-16-24(23)31(27(32)34)19-9-10-25(22(28)15-19)35-21-8-4-6-18(2)14-21/h3-4,6,8-12,14-16,20H,1,5,7,13,17H2,2H3. The van der Waals surface area contributed by atoms with Gasteiger partial charge in [0.15, 0.2) is 0 Å². The third-order valence-electron chi connectivity index (χ3n) is 6.31. The Hall–Kier alpha value is -3.84. The first-order valence-corrected chi connectivity index (χ1v) is 11.9. The van der Waals surface area contributed by atoms with Crippen LogP contribution in [0.2, 0.25) is 5.02 Å². The summed E-state index contributed by atoms with van der Waals surface area (Å²) in [5.41, 5.74) is 2.93. The van der Waals surface area contributed by atoms with Gasteiger partial charge in [-0.05, 0) is 67.8 Å². The molecule has 1 aliphatic heterocycles. The van der Waals surface area contributed by atoms with E-state index in [1.807, 2.05) is 43.3 Å². The van der Waals surface area contributed by atoms with Crippen molar-refractivity contribution in [1.29, 1.82) is 0 Å². The lowest BCUT2D eigenvalue weighted by Crippen LogP contribution is -2.42. The van der Waals surface area contributed by atoms with E-state index in [1.54, 1.807) is 38.6 Å². The van der Waals surface area contributed by atoms with Crippen LogP contribution in [0.15, 0.2) is 78.4 Å². The van der Waals surface area contributed by atoms with E-state index in [-0.39, 0.29) is 17.6 Å². The van der Waals surface area contributed by atoms with Crippen LogP contribution in [0.1, 0.15) is 24.4 Å². The van der Waals surface area contributed by atoms with Crippen LogP contribution in [0.25, 0.3) is 16.7 Å². The molecule has 0 saturated carbocycles. The van der Waals surface area contributed by atoms with Crippen LogP contribution >= 0.6 is 11.6 Å². The number of nitrogens with zero attached hydrogens (tertiary/aromatic N) is 4. The van der Waals surface area contributed by atoms with Gasteiger partial charge in [0, 0.05) is 19.3 Å². The normalized spacial score (nSPS) is 15.8. The van der Waals surface area contributed by atoms with Crippen molar-refractivity contribution < 1.29 is 9.53 Å². The van der Waals surface area contributed by atoms with Gasteiger partial charge in [-0.2, -0.15) is 0 Å². The highest BCUT2D eigenvalue weighted by Gasteiger charge is 2.28. The number of fused-ring (bicyclic) bond motifs is 1. The number of benzene rings is 2. The zero-order chi connectivity index (χ0) is 24.5. The molecule has 1 saturated heterocycles.